The third kappa shape index (κ3) is 4.86. The van der Waals surface area contributed by atoms with E-state index in [9.17, 15) is 0 Å². The zero-order chi connectivity index (χ0) is 34.9. The number of benzene rings is 9. The minimum absolute atomic E-state index is 0.873. The van der Waals surface area contributed by atoms with Crippen LogP contribution in [0.5, 0.6) is 0 Å². The van der Waals surface area contributed by atoms with Gasteiger partial charge in [0, 0.05) is 42.3 Å². The highest BCUT2D eigenvalue weighted by molar-refractivity contribution is 7.26. The van der Waals surface area contributed by atoms with Crippen LogP contribution in [-0.4, -0.2) is 0 Å². The molecule has 3 heteroatoms. The maximum Gasteiger partial charge on any atom is 0.143 e. The van der Waals surface area contributed by atoms with Gasteiger partial charge in [-0.3, -0.25) is 0 Å². The Labute approximate surface area is 310 Å². The summed E-state index contributed by atoms with van der Waals surface area (Å²) in [6.07, 6.45) is 0. The minimum atomic E-state index is 0.873. The lowest BCUT2D eigenvalue weighted by atomic mass is 9.99. The van der Waals surface area contributed by atoms with Crippen molar-refractivity contribution in [3.8, 4) is 22.3 Å². The van der Waals surface area contributed by atoms with Gasteiger partial charge in [-0.15, -0.1) is 11.3 Å². The quantitative estimate of drug-likeness (QED) is 0.178. The molecule has 0 saturated carbocycles. The Bertz CT molecular complexity index is 3190. The average molecular weight is 694 g/mol. The Kier molecular flexibility index (Phi) is 6.76. The summed E-state index contributed by atoms with van der Waals surface area (Å²) in [6, 6.07) is 68.0. The number of hydrogen-bond acceptors (Lipinski definition) is 3. The third-order valence-electron chi connectivity index (χ3n) is 10.6. The molecule has 0 aliphatic heterocycles. The smallest absolute Gasteiger partial charge is 0.143 e. The van der Waals surface area contributed by atoms with Gasteiger partial charge in [0.05, 0.1) is 11.1 Å². The van der Waals surface area contributed by atoms with Gasteiger partial charge in [0.1, 0.15) is 11.2 Å². The first-order chi connectivity index (χ1) is 26.3. The highest BCUT2D eigenvalue weighted by Gasteiger charge is 2.21. The second-order valence-corrected chi connectivity index (χ2v) is 14.7. The number of rotatable bonds is 5. The predicted octanol–water partition coefficient (Wildman–Crippen LogP) is 15.1. The maximum atomic E-state index is 6.68. The third-order valence-corrected chi connectivity index (χ3v) is 11.9. The SMILES string of the molecule is c1cc(-c2ccc3ccccc3c2)cc(N(c2ccc(-c3cccc4c3sc3ccccc34)cc2)c2cccc3oc4c5ccccc5ccc4c23)c1. The van der Waals surface area contributed by atoms with Crippen LogP contribution in [0, 0.1) is 0 Å². The number of anilines is 3. The lowest BCUT2D eigenvalue weighted by Gasteiger charge is -2.27. The first-order valence-corrected chi connectivity index (χ1v) is 18.8. The standard InChI is InChI=1S/C50H31NOS/c1-2-12-35-30-37(23-22-32(35)10-1)36-13-7-14-39(31-36)51(45-19-9-20-46-48(45)44-29-26-33-11-3-4-15-40(33)49(44)52-46)38-27-24-34(25-28-38)41-17-8-18-43-42-16-5-6-21-47(42)53-50(41)43/h1-31H. The van der Waals surface area contributed by atoms with E-state index in [2.05, 4.69) is 193 Å². The summed E-state index contributed by atoms with van der Waals surface area (Å²) >= 11 is 1.87. The van der Waals surface area contributed by atoms with Crippen molar-refractivity contribution in [3.05, 3.63) is 188 Å². The summed E-state index contributed by atoms with van der Waals surface area (Å²) in [6.45, 7) is 0. The molecule has 0 aliphatic rings. The molecule has 0 radical (unpaired) electrons. The van der Waals surface area contributed by atoms with E-state index in [0.717, 1.165) is 44.4 Å². The van der Waals surface area contributed by atoms with Crippen LogP contribution in [0.4, 0.5) is 17.1 Å². The monoisotopic (exact) mass is 693 g/mol. The number of furan rings is 1. The first kappa shape index (κ1) is 30.0. The molecule has 0 atom stereocenters. The van der Waals surface area contributed by atoms with E-state index in [1.54, 1.807) is 0 Å². The van der Waals surface area contributed by atoms with Gasteiger partial charge in [0.15, 0.2) is 0 Å². The Morgan fingerprint density at radius 2 is 1.11 bits per heavy atom. The summed E-state index contributed by atoms with van der Waals surface area (Å²) < 4.78 is 9.32. The molecule has 53 heavy (non-hydrogen) atoms. The Morgan fingerprint density at radius 3 is 2.02 bits per heavy atom. The van der Waals surface area contributed by atoms with Crippen molar-refractivity contribution >= 4 is 92.1 Å². The minimum Gasteiger partial charge on any atom is -0.455 e. The molecule has 248 valence electrons. The molecule has 2 heterocycles. The van der Waals surface area contributed by atoms with Gasteiger partial charge in [-0.1, -0.05) is 133 Å². The summed E-state index contributed by atoms with van der Waals surface area (Å²) in [5.74, 6) is 0. The Morgan fingerprint density at radius 1 is 0.415 bits per heavy atom. The van der Waals surface area contributed by atoms with Crippen molar-refractivity contribution in [2.75, 3.05) is 4.90 Å². The fourth-order valence-electron chi connectivity index (χ4n) is 8.11. The van der Waals surface area contributed by atoms with Crippen LogP contribution in [0.25, 0.3) is 85.9 Å². The normalized spacial score (nSPS) is 11.8. The van der Waals surface area contributed by atoms with E-state index >= 15 is 0 Å². The van der Waals surface area contributed by atoms with Crippen LogP contribution in [-0.2, 0) is 0 Å². The fraction of sp³-hybridized carbons (Fsp3) is 0. The summed E-state index contributed by atoms with van der Waals surface area (Å²) in [5.41, 5.74) is 9.85. The Hall–Kier alpha value is -6.68. The van der Waals surface area contributed by atoms with Crippen LogP contribution in [0.2, 0.25) is 0 Å². The first-order valence-electron chi connectivity index (χ1n) is 18.0. The van der Waals surface area contributed by atoms with Gasteiger partial charge in [0.25, 0.3) is 0 Å². The lowest BCUT2D eigenvalue weighted by molar-refractivity contribution is 0.672. The van der Waals surface area contributed by atoms with Crippen molar-refractivity contribution in [1.29, 1.82) is 0 Å². The molecular formula is C50H31NOS. The van der Waals surface area contributed by atoms with Gasteiger partial charge in [-0.25, -0.2) is 0 Å². The fourth-order valence-corrected chi connectivity index (χ4v) is 9.34. The molecule has 0 aliphatic carbocycles. The zero-order valence-electron chi connectivity index (χ0n) is 28.7. The van der Waals surface area contributed by atoms with Crippen molar-refractivity contribution in [2.24, 2.45) is 0 Å². The number of fused-ring (bicyclic) bond motifs is 9. The van der Waals surface area contributed by atoms with E-state index in [0.29, 0.717) is 0 Å². The predicted molar refractivity (Wildman–Crippen MR) is 227 cm³/mol. The molecule has 0 fully saturated rings. The molecule has 0 spiro atoms. The summed E-state index contributed by atoms with van der Waals surface area (Å²) in [7, 11) is 0. The van der Waals surface area contributed by atoms with Crippen molar-refractivity contribution in [2.45, 2.75) is 0 Å². The molecule has 11 rings (SSSR count). The van der Waals surface area contributed by atoms with E-state index in [4.69, 9.17) is 4.42 Å². The van der Waals surface area contributed by atoms with E-state index < -0.39 is 0 Å². The van der Waals surface area contributed by atoms with Gasteiger partial charge in [0.2, 0.25) is 0 Å². The molecule has 0 saturated heterocycles. The number of thiophene rings is 1. The van der Waals surface area contributed by atoms with E-state index in [-0.39, 0.29) is 0 Å². The average Bonchev–Trinajstić information content (AvgIpc) is 3.81. The molecule has 0 N–H and O–H groups in total. The molecule has 11 aromatic rings. The second kappa shape index (κ2) is 11.9. The molecule has 0 bridgehead atoms. The largest absolute Gasteiger partial charge is 0.455 e. The highest BCUT2D eigenvalue weighted by Crippen LogP contribution is 2.46. The van der Waals surface area contributed by atoms with Crippen molar-refractivity contribution in [3.63, 3.8) is 0 Å². The highest BCUT2D eigenvalue weighted by atomic mass is 32.1. The molecule has 0 unspecified atom stereocenters. The van der Waals surface area contributed by atoms with Crippen LogP contribution in [0.1, 0.15) is 0 Å². The van der Waals surface area contributed by atoms with Crippen molar-refractivity contribution in [1.82, 2.24) is 0 Å². The van der Waals surface area contributed by atoms with Gasteiger partial charge in [-0.2, -0.15) is 0 Å². The molecule has 9 aromatic carbocycles. The summed E-state index contributed by atoms with van der Waals surface area (Å²) in [4.78, 5) is 2.39. The van der Waals surface area contributed by atoms with Crippen LogP contribution < -0.4 is 4.90 Å². The maximum absolute atomic E-state index is 6.68. The molecule has 0 amide bonds. The summed E-state index contributed by atoms with van der Waals surface area (Å²) in [5, 5.41) is 9.61. The number of hydrogen-bond donors (Lipinski definition) is 0. The van der Waals surface area contributed by atoms with Gasteiger partial charge >= 0.3 is 0 Å². The van der Waals surface area contributed by atoms with Crippen LogP contribution in [0.15, 0.2) is 192 Å². The second-order valence-electron chi connectivity index (χ2n) is 13.7. The van der Waals surface area contributed by atoms with E-state index in [1.165, 1.54) is 58.6 Å². The van der Waals surface area contributed by atoms with Crippen LogP contribution in [0.3, 0.4) is 0 Å². The molecule has 2 nitrogen and oxygen atoms in total. The number of nitrogens with zero attached hydrogens (tertiary/aromatic N) is 1. The van der Waals surface area contributed by atoms with E-state index in [1.807, 2.05) is 11.3 Å². The van der Waals surface area contributed by atoms with Gasteiger partial charge in [-0.05, 0) is 93.0 Å². The lowest BCUT2D eigenvalue weighted by Crippen LogP contribution is -2.10. The zero-order valence-corrected chi connectivity index (χ0v) is 29.5. The van der Waals surface area contributed by atoms with Crippen molar-refractivity contribution < 1.29 is 4.42 Å². The topological polar surface area (TPSA) is 16.4 Å². The van der Waals surface area contributed by atoms with Crippen LogP contribution >= 0.6 is 11.3 Å². The van der Waals surface area contributed by atoms with Gasteiger partial charge < -0.3 is 9.32 Å². The molecular weight excluding hydrogens is 663 g/mol. The molecule has 2 aromatic heterocycles. The Balaban J connectivity index is 1.11.